The standard InChI is InChI=1S/C48H32N6S.C36H24N6S.C24H14N4S/c1-5-15-35(16-6-1)53(36-17-7-2-8-18-36)39-29-25-33(26-30-39)43-45-46(50-42-24-14-13-23-41(42)49-45)44(48-47(43)51-55-52-48)34-27-31-40(32-28-34)54(37-19-9-3-10-20-37)38-21-11-4-12-22-38;1-5-15-25(16-6-1)41(26-17-7-2-8-18-26)35-31-32(38-30-24-14-13-23-29(30)37-31)36(34-33(35)39-43-40-34)42(27-19-9-3-10-20-27)28-21-11-4-12-22-28;1-3-9-15(10-4-1)19-21-22(26-18-14-8-7-13-17(18)25-21)20(16-11-5-2-6-12-16)24-23(19)27-29-28-24/h1-32H;1-24H;1-14H. The first kappa shape index (κ1) is 76.5. The summed E-state index contributed by atoms with van der Waals surface area (Å²) in [5.41, 5.74) is 34.8. The molecule has 0 spiro atoms. The largest absolute Gasteiger partial charge is 0.311 e. The van der Waals surface area contributed by atoms with Gasteiger partial charge in [-0.2, -0.15) is 26.2 Å². The van der Waals surface area contributed by atoms with E-state index < -0.39 is 0 Å². The van der Waals surface area contributed by atoms with Gasteiger partial charge in [0.15, 0.2) is 0 Å². The Morgan fingerprint density at radius 2 is 0.299 bits per heavy atom. The minimum atomic E-state index is 0.749. The molecule has 6 heterocycles. The third-order valence-corrected chi connectivity index (χ3v) is 24.1. The predicted octanol–water partition coefficient (Wildman–Crippen LogP) is 28.9. The molecule has 19 heteroatoms. The third-order valence-electron chi connectivity index (χ3n) is 22.5. The number of benzene rings is 18. The van der Waals surface area contributed by atoms with Crippen LogP contribution >= 0.6 is 35.2 Å². The number of rotatable bonds is 16. The van der Waals surface area contributed by atoms with E-state index in [1.807, 2.05) is 206 Å². The number of fused-ring (bicyclic) bond motifs is 9. The van der Waals surface area contributed by atoms with Crippen LogP contribution in [0.3, 0.4) is 0 Å². The number of anilines is 12. The minimum absolute atomic E-state index is 0.749. The normalized spacial score (nSPS) is 11.3. The van der Waals surface area contributed by atoms with Crippen LogP contribution in [0.4, 0.5) is 68.2 Å². The van der Waals surface area contributed by atoms with Crippen LogP contribution in [0.5, 0.6) is 0 Å². The summed E-state index contributed by atoms with van der Waals surface area (Å²) < 4.78 is 29.1. The molecule has 0 aliphatic rings. The highest BCUT2D eigenvalue weighted by atomic mass is 32.1. The van der Waals surface area contributed by atoms with Crippen molar-refractivity contribution >= 4 is 203 Å². The molecule has 0 atom stereocenters. The molecule has 0 bridgehead atoms. The SMILES string of the molecule is c1ccc(-c2c3nsnc3c(-c3ccccc3)c3nc4ccccc4nc23)cc1.c1ccc(N(c2ccccc2)c2c3nsnc3c(N(c3ccccc3)c3ccccc3)c3nc4ccccc4nc23)cc1.c1ccc(N(c2ccccc2)c2ccc(-c3c4nsnc4c(-c4ccc(N(c5ccccc5)c5ccccc5)cc4)c4nc5ccccc5nc34)cc2)cc1. The van der Waals surface area contributed by atoms with Gasteiger partial charge in [-0.25, -0.2) is 29.9 Å². The lowest BCUT2D eigenvalue weighted by atomic mass is 9.94. The van der Waals surface area contributed by atoms with E-state index in [2.05, 4.69) is 247 Å². The number of hydrogen-bond acceptors (Lipinski definition) is 19. The van der Waals surface area contributed by atoms with Crippen molar-refractivity contribution in [2.75, 3.05) is 19.6 Å². The maximum atomic E-state index is 5.32. The summed E-state index contributed by atoms with van der Waals surface area (Å²) in [4.78, 5) is 40.3. The van der Waals surface area contributed by atoms with E-state index >= 15 is 0 Å². The molecule has 6 aromatic heterocycles. The highest BCUT2D eigenvalue weighted by Gasteiger charge is 2.32. The summed E-state index contributed by atoms with van der Waals surface area (Å²) in [5.74, 6) is 0. The molecule has 24 rings (SSSR count). The van der Waals surface area contributed by atoms with Gasteiger partial charge in [0.2, 0.25) is 0 Å². The summed E-state index contributed by atoms with van der Waals surface area (Å²) in [5, 5.41) is 0. The molecular weight excluding hydrogens is 1620 g/mol. The van der Waals surface area contributed by atoms with Crippen LogP contribution in [0.1, 0.15) is 0 Å². The first-order valence-corrected chi connectivity index (χ1v) is 43.7. The lowest BCUT2D eigenvalue weighted by Crippen LogP contribution is -2.15. The zero-order valence-electron chi connectivity index (χ0n) is 67.8. The highest BCUT2D eigenvalue weighted by molar-refractivity contribution is 7.00. The summed E-state index contributed by atoms with van der Waals surface area (Å²) in [6.45, 7) is 0. The van der Waals surface area contributed by atoms with Crippen LogP contribution < -0.4 is 19.6 Å². The van der Waals surface area contributed by atoms with Crippen LogP contribution in [-0.2, 0) is 0 Å². The molecule has 0 saturated carbocycles. The molecular formula is C108H70N16S3. The second-order valence-corrected chi connectivity index (χ2v) is 31.7. The van der Waals surface area contributed by atoms with Gasteiger partial charge >= 0.3 is 0 Å². The topological polar surface area (TPSA) is 168 Å². The fourth-order valence-corrected chi connectivity index (χ4v) is 18.5. The van der Waals surface area contributed by atoms with Crippen LogP contribution in [0.25, 0.3) is 144 Å². The minimum Gasteiger partial charge on any atom is -0.311 e. The smallest absolute Gasteiger partial charge is 0.133 e. The van der Waals surface area contributed by atoms with Crippen LogP contribution in [-0.4, -0.2) is 56.1 Å². The Kier molecular flexibility index (Phi) is 20.5. The van der Waals surface area contributed by atoms with Gasteiger partial charge in [-0.1, -0.05) is 267 Å². The molecule has 0 saturated heterocycles. The monoisotopic (exact) mass is 1690 g/mol. The van der Waals surface area contributed by atoms with Gasteiger partial charge in [0, 0.05) is 79.1 Å². The Labute approximate surface area is 742 Å². The quantitative estimate of drug-likeness (QED) is 0.0661. The lowest BCUT2D eigenvalue weighted by molar-refractivity contribution is 1.26. The zero-order valence-corrected chi connectivity index (χ0v) is 70.2. The van der Waals surface area contributed by atoms with Crippen molar-refractivity contribution in [1.29, 1.82) is 0 Å². The fourth-order valence-electron chi connectivity index (χ4n) is 16.8. The molecule has 0 amide bonds. The van der Waals surface area contributed by atoms with Crippen molar-refractivity contribution in [3.63, 3.8) is 0 Å². The Hall–Kier alpha value is -16.6. The molecule has 0 unspecified atom stereocenters. The van der Waals surface area contributed by atoms with Gasteiger partial charge in [0.1, 0.15) is 77.6 Å². The first-order valence-electron chi connectivity index (χ1n) is 41.5. The van der Waals surface area contributed by atoms with Gasteiger partial charge in [0.05, 0.1) is 68.3 Å². The lowest BCUT2D eigenvalue weighted by Gasteiger charge is -2.30. The Balaban J connectivity index is 0.000000118. The molecule has 600 valence electrons. The molecule has 24 aromatic rings. The number of hydrogen-bond donors (Lipinski definition) is 0. The average Bonchev–Trinajstić information content (AvgIpc) is 1.71. The first-order chi connectivity index (χ1) is 63.1. The van der Waals surface area contributed by atoms with Crippen LogP contribution in [0.15, 0.2) is 425 Å². The van der Waals surface area contributed by atoms with E-state index in [1.54, 1.807) is 0 Å². The van der Waals surface area contributed by atoms with E-state index in [9.17, 15) is 0 Å². The molecule has 0 fully saturated rings. The van der Waals surface area contributed by atoms with Crippen LogP contribution in [0.2, 0.25) is 0 Å². The zero-order chi connectivity index (χ0) is 84.4. The summed E-state index contributed by atoms with van der Waals surface area (Å²) in [6.07, 6.45) is 0. The number of nitrogens with zero attached hydrogens (tertiary/aromatic N) is 16. The van der Waals surface area contributed by atoms with E-state index in [-0.39, 0.29) is 0 Å². The van der Waals surface area contributed by atoms with Gasteiger partial charge in [-0.3, -0.25) is 0 Å². The van der Waals surface area contributed by atoms with E-state index in [0.717, 1.165) is 212 Å². The van der Waals surface area contributed by atoms with Crippen molar-refractivity contribution in [2.24, 2.45) is 0 Å². The summed E-state index contributed by atoms with van der Waals surface area (Å²) in [7, 11) is 0. The van der Waals surface area contributed by atoms with Gasteiger partial charge < -0.3 is 19.6 Å². The van der Waals surface area contributed by atoms with Crippen molar-refractivity contribution in [3.8, 4) is 44.5 Å². The second kappa shape index (κ2) is 34.0. The van der Waals surface area contributed by atoms with E-state index in [4.69, 9.17) is 47.4 Å². The molecule has 16 nitrogen and oxygen atoms in total. The molecule has 0 radical (unpaired) electrons. The predicted molar refractivity (Wildman–Crippen MR) is 525 cm³/mol. The number of para-hydroxylation sites is 14. The van der Waals surface area contributed by atoms with E-state index in [0.29, 0.717) is 0 Å². The Morgan fingerprint density at radius 3 is 0.520 bits per heavy atom. The maximum Gasteiger partial charge on any atom is 0.133 e. The Morgan fingerprint density at radius 1 is 0.134 bits per heavy atom. The van der Waals surface area contributed by atoms with Crippen molar-refractivity contribution in [3.05, 3.63) is 425 Å². The van der Waals surface area contributed by atoms with Gasteiger partial charge in [0.25, 0.3) is 0 Å². The van der Waals surface area contributed by atoms with Gasteiger partial charge in [-0.05, 0) is 180 Å². The third kappa shape index (κ3) is 14.6. The fraction of sp³-hybridized carbons (Fsp3) is 0. The molecule has 0 N–H and O–H groups in total. The van der Waals surface area contributed by atoms with Crippen molar-refractivity contribution in [2.45, 2.75) is 0 Å². The average molecular weight is 1690 g/mol. The number of aromatic nitrogens is 12. The summed E-state index contributed by atoms with van der Waals surface area (Å²) in [6, 6.07) is 145. The van der Waals surface area contributed by atoms with E-state index in [1.165, 1.54) is 35.2 Å². The second-order valence-electron chi connectivity index (χ2n) is 30.2. The maximum absolute atomic E-state index is 5.32. The summed E-state index contributed by atoms with van der Waals surface area (Å²) >= 11 is 3.65. The molecule has 127 heavy (non-hydrogen) atoms. The van der Waals surface area contributed by atoms with Crippen molar-refractivity contribution in [1.82, 2.24) is 56.1 Å². The molecule has 0 aliphatic carbocycles. The van der Waals surface area contributed by atoms with Crippen molar-refractivity contribution < 1.29 is 0 Å². The molecule has 18 aromatic carbocycles. The van der Waals surface area contributed by atoms with Crippen LogP contribution in [0, 0.1) is 0 Å². The highest BCUT2D eigenvalue weighted by Crippen LogP contribution is 2.52. The molecule has 0 aliphatic heterocycles. The van der Waals surface area contributed by atoms with Gasteiger partial charge in [-0.15, -0.1) is 0 Å². The Bertz CT molecular complexity index is 7440.